The van der Waals surface area contributed by atoms with Crippen molar-refractivity contribution in [2.75, 3.05) is 5.48 Å². The number of hydrogen-bond donors (Lipinski definition) is 3. The van der Waals surface area contributed by atoms with E-state index in [1.54, 1.807) is 18.2 Å². The molecule has 2 amide bonds. The molecule has 0 aromatic heterocycles. The van der Waals surface area contributed by atoms with Crippen molar-refractivity contribution in [1.29, 1.82) is 0 Å². The van der Waals surface area contributed by atoms with Gasteiger partial charge in [0.25, 0.3) is 11.8 Å². The molecule has 3 rings (SSSR count). The van der Waals surface area contributed by atoms with Gasteiger partial charge in [0, 0.05) is 16.6 Å². The van der Waals surface area contributed by atoms with Gasteiger partial charge in [-0.25, -0.2) is 5.01 Å². The fourth-order valence-electron chi connectivity index (χ4n) is 4.05. The summed E-state index contributed by atoms with van der Waals surface area (Å²) in [5.41, 5.74) is 9.14. The van der Waals surface area contributed by atoms with Gasteiger partial charge in [-0.1, -0.05) is 51.0 Å². The number of nitrogens with one attached hydrogen (secondary N) is 2. The topological polar surface area (TPSA) is 90.9 Å². The minimum Gasteiger partial charge on any atom is -0.422 e. The SMILES string of the molecule is CCC(N(NC(=O)c1ccc2c(c1)NOB2O)C(=O)c1cc(C)cc(C)c1)C(C)(C)C. The lowest BCUT2D eigenvalue weighted by Crippen LogP contribution is -2.56. The molecule has 3 N–H and O–H groups in total. The molecule has 0 radical (unpaired) electrons. The average Bonchev–Trinajstić information content (AvgIpc) is 3.05. The maximum atomic E-state index is 13.5. The highest BCUT2D eigenvalue weighted by atomic mass is 16.7. The Hall–Kier alpha value is -2.84. The zero-order valence-electron chi connectivity index (χ0n) is 18.9. The molecule has 1 heterocycles. The van der Waals surface area contributed by atoms with Gasteiger partial charge < -0.3 is 5.02 Å². The Morgan fingerprint density at radius 3 is 2.35 bits per heavy atom. The number of benzene rings is 2. The molecule has 2 aromatic carbocycles. The molecule has 1 aliphatic heterocycles. The molecule has 164 valence electrons. The summed E-state index contributed by atoms with van der Waals surface area (Å²) in [4.78, 5) is 26.7. The standard InChI is InChI=1S/C23H30BN3O4/c1-7-20(23(4,5)6)27(22(29)17-11-14(2)10-15(3)12-17)25-21(28)16-8-9-18-19(13-16)26-31-24(18)30/h8-13,20,26,30H,7H2,1-6H3,(H,25,28). The number of hydrazine groups is 1. The molecule has 1 aliphatic rings. The smallest absolute Gasteiger partial charge is 0.422 e. The molecular weight excluding hydrogens is 393 g/mol. The van der Waals surface area contributed by atoms with Crippen molar-refractivity contribution in [2.24, 2.45) is 5.41 Å². The van der Waals surface area contributed by atoms with E-state index >= 15 is 0 Å². The number of nitrogens with zero attached hydrogens (tertiary/aromatic N) is 1. The Labute approximate surface area is 183 Å². The molecule has 7 nitrogen and oxygen atoms in total. The summed E-state index contributed by atoms with van der Waals surface area (Å²) >= 11 is 0. The summed E-state index contributed by atoms with van der Waals surface area (Å²) in [7, 11) is -1.07. The zero-order valence-corrected chi connectivity index (χ0v) is 18.9. The molecule has 1 unspecified atom stereocenters. The van der Waals surface area contributed by atoms with Crippen LogP contribution in [0.3, 0.4) is 0 Å². The van der Waals surface area contributed by atoms with E-state index < -0.39 is 13.0 Å². The van der Waals surface area contributed by atoms with Gasteiger partial charge in [0.15, 0.2) is 0 Å². The maximum Gasteiger partial charge on any atom is 0.516 e. The summed E-state index contributed by atoms with van der Waals surface area (Å²) in [5, 5.41) is 11.2. The summed E-state index contributed by atoms with van der Waals surface area (Å²) in [6.07, 6.45) is 0.673. The van der Waals surface area contributed by atoms with Crippen molar-refractivity contribution in [2.45, 2.75) is 54.0 Å². The van der Waals surface area contributed by atoms with Crippen molar-refractivity contribution in [3.63, 3.8) is 0 Å². The molecule has 31 heavy (non-hydrogen) atoms. The Bertz CT molecular complexity index is 983. The third-order valence-electron chi connectivity index (χ3n) is 5.47. The summed E-state index contributed by atoms with van der Waals surface area (Å²) < 4.78 is 4.97. The van der Waals surface area contributed by atoms with Crippen LogP contribution in [0, 0.1) is 19.3 Å². The van der Waals surface area contributed by atoms with Crippen LogP contribution in [-0.2, 0) is 4.76 Å². The lowest BCUT2D eigenvalue weighted by atomic mass is 9.80. The van der Waals surface area contributed by atoms with Crippen LogP contribution in [0.1, 0.15) is 66.0 Å². The fourth-order valence-corrected chi connectivity index (χ4v) is 4.05. The van der Waals surface area contributed by atoms with E-state index in [4.69, 9.17) is 4.76 Å². The number of aryl methyl sites for hydroxylation is 2. The largest absolute Gasteiger partial charge is 0.516 e. The third kappa shape index (κ3) is 4.91. The maximum absolute atomic E-state index is 13.5. The van der Waals surface area contributed by atoms with Crippen LogP contribution in [0.25, 0.3) is 0 Å². The molecule has 0 saturated carbocycles. The van der Waals surface area contributed by atoms with E-state index in [-0.39, 0.29) is 17.4 Å². The van der Waals surface area contributed by atoms with Gasteiger partial charge in [-0.05, 0) is 49.9 Å². The number of carbonyl (C=O) groups excluding carboxylic acids is 2. The number of anilines is 1. The molecular formula is C23H30BN3O4. The second-order valence-electron chi connectivity index (χ2n) is 9.16. The van der Waals surface area contributed by atoms with Crippen molar-refractivity contribution >= 4 is 30.1 Å². The first-order valence-corrected chi connectivity index (χ1v) is 10.5. The van der Waals surface area contributed by atoms with Gasteiger partial charge in [0.2, 0.25) is 0 Å². The Morgan fingerprint density at radius 1 is 1.13 bits per heavy atom. The monoisotopic (exact) mass is 423 g/mol. The van der Waals surface area contributed by atoms with Crippen LogP contribution in [0.4, 0.5) is 5.69 Å². The van der Waals surface area contributed by atoms with Crippen LogP contribution in [0.2, 0.25) is 0 Å². The lowest BCUT2D eigenvalue weighted by molar-refractivity contribution is 0.0285. The first kappa shape index (κ1) is 22.8. The first-order chi connectivity index (χ1) is 14.5. The predicted molar refractivity (Wildman–Crippen MR) is 122 cm³/mol. The van der Waals surface area contributed by atoms with E-state index in [2.05, 4.69) is 10.9 Å². The van der Waals surface area contributed by atoms with Gasteiger partial charge in [0.1, 0.15) is 0 Å². The summed E-state index contributed by atoms with van der Waals surface area (Å²) in [6, 6.07) is 10.3. The highest BCUT2D eigenvalue weighted by molar-refractivity contribution is 6.63. The van der Waals surface area contributed by atoms with E-state index in [9.17, 15) is 14.6 Å². The van der Waals surface area contributed by atoms with Gasteiger partial charge in [-0.15, -0.1) is 0 Å². The van der Waals surface area contributed by atoms with E-state index in [0.29, 0.717) is 28.7 Å². The molecule has 8 heteroatoms. The third-order valence-corrected chi connectivity index (χ3v) is 5.47. The molecule has 1 atom stereocenters. The highest BCUT2D eigenvalue weighted by Gasteiger charge is 2.35. The minimum absolute atomic E-state index is 0.220. The Kier molecular flexibility index (Phi) is 6.43. The van der Waals surface area contributed by atoms with Crippen molar-refractivity contribution < 1.29 is 19.4 Å². The molecule has 2 aromatic rings. The number of fused-ring (bicyclic) bond motifs is 1. The van der Waals surface area contributed by atoms with Crippen molar-refractivity contribution in [3.05, 3.63) is 58.7 Å². The van der Waals surface area contributed by atoms with E-state index in [1.807, 2.05) is 59.7 Å². The van der Waals surface area contributed by atoms with Crippen LogP contribution in [0.5, 0.6) is 0 Å². The average molecular weight is 423 g/mol. The zero-order chi connectivity index (χ0) is 22.9. The molecule has 0 fully saturated rings. The molecule has 0 spiro atoms. The lowest BCUT2D eigenvalue weighted by Gasteiger charge is -2.39. The van der Waals surface area contributed by atoms with Gasteiger partial charge in [0.05, 0.1) is 11.7 Å². The van der Waals surface area contributed by atoms with Crippen LogP contribution in [0.15, 0.2) is 36.4 Å². The Balaban J connectivity index is 1.95. The number of carbonyl (C=O) groups is 2. The number of amides is 2. The fraction of sp³-hybridized carbons (Fsp3) is 0.391. The Morgan fingerprint density at radius 2 is 1.77 bits per heavy atom. The van der Waals surface area contributed by atoms with Gasteiger partial charge in [-0.2, -0.15) is 0 Å². The minimum atomic E-state index is -1.07. The first-order valence-electron chi connectivity index (χ1n) is 10.5. The van der Waals surface area contributed by atoms with Crippen molar-refractivity contribution in [1.82, 2.24) is 10.4 Å². The number of rotatable bonds is 4. The van der Waals surface area contributed by atoms with E-state index in [0.717, 1.165) is 11.1 Å². The highest BCUT2D eigenvalue weighted by Crippen LogP contribution is 2.28. The quantitative estimate of drug-likeness (QED) is 0.520. The van der Waals surface area contributed by atoms with Crippen LogP contribution < -0.4 is 16.4 Å². The van der Waals surface area contributed by atoms with Gasteiger partial charge in [-0.3, -0.25) is 25.3 Å². The van der Waals surface area contributed by atoms with Gasteiger partial charge >= 0.3 is 7.12 Å². The normalized spacial score (nSPS) is 14.0. The molecule has 0 bridgehead atoms. The van der Waals surface area contributed by atoms with Crippen LogP contribution in [-0.4, -0.2) is 35.0 Å². The summed E-state index contributed by atoms with van der Waals surface area (Å²) in [6.45, 7) is 12.0. The number of hydrogen-bond acceptors (Lipinski definition) is 5. The molecule has 0 aliphatic carbocycles. The van der Waals surface area contributed by atoms with E-state index in [1.165, 1.54) is 5.01 Å². The van der Waals surface area contributed by atoms with Crippen LogP contribution >= 0.6 is 0 Å². The predicted octanol–water partition coefficient (Wildman–Crippen LogP) is 2.96. The second kappa shape index (κ2) is 8.73. The van der Waals surface area contributed by atoms with Crippen molar-refractivity contribution in [3.8, 4) is 0 Å². The molecule has 0 saturated heterocycles. The second-order valence-corrected chi connectivity index (χ2v) is 9.16. The summed E-state index contributed by atoms with van der Waals surface area (Å²) in [5.74, 6) is -0.661.